The van der Waals surface area contributed by atoms with Crippen molar-refractivity contribution in [1.82, 2.24) is 4.57 Å². The van der Waals surface area contributed by atoms with Gasteiger partial charge in [0.1, 0.15) is 22.8 Å². The van der Waals surface area contributed by atoms with Crippen LogP contribution >= 0.6 is 0 Å². The average Bonchev–Trinajstić information content (AvgIpc) is 3.35. The number of nitrogens with zero attached hydrogens (tertiary/aromatic N) is 1. The molecule has 180 valence electrons. The first-order valence-electron chi connectivity index (χ1n) is 11.5. The highest BCUT2D eigenvalue weighted by molar-refractivity contribution is 6.03. The first-order chi connectivity index (χ1) is 16.8. The molecule has 0 aliphatic heterocycles. The Bertz CT molecular complexity index is 1420. The first kappa shape index (κ1) is 22.8. The molecular formula is C29H29NO5. The highest BCUT2D eigenvalue weighted by Gasteiger charge is 2.40. The molecule has 1 unspecified atom stereocenters. The number of aromatic nitrogens is 1. The SMILES string of the molecule is COc1cc(OC)c(C2c3ccccc3-c3c2c2ccccc2n3C(=O)OC(C)(C)C)c(OC)c1. The second-order valence-corrected chi connectivity index (χ2v) is 9.56. The number of benzene rings is 3. The van der Waals surface area contributed by atoms with Crippen molar-refractivity contribution in [3.8, 4) is 28.5 Å². The van der Waals surface area contributed by atoms with Crippen LogP contribution in [-0.2, 0) is 4.74 Å². The molecule has 0 spiro atoms. The molecule has 0 bridgehead atoms. The predicted octanol–water partition coefficient (Wildman–Crippen LogP) is 6.61. The van der Waals surface area contributed by atoms with Crippen molar-refractivity contribution in [3.05, 3.63) is 77.4 Å². The highest BCUT2D eigenvalue weighted by atomic mass is 16.6. The van der Waals surface area contributed by atoms with Crippen LogP contribution in [0.15, 0.2) is 60.7 Å². The maximum Gasteiger partial charge on any atom is 0.419 e. The van der Waals surface area contributed by atoms with Crippen LogP contribution in [0.3, 0.4) is 0 Å². The van der Waals surface area contributed by atoms with Crippen LogP contribution in [0.5, 0.6) is 17.2 Å². The fraction of sp³-hybridized carbons (Fsp3) is 0.276. The van der Waals surface area contributed by atoms with E-state index in [0.29, 0.717) is 17.2 Å². The monoisotopic (exact) mass is 471 g/mol. The minimum absolute atomic E-state index is 0.217. The Morgan fingerprint density at radius 1 is 0.829 bits per heavy atom. The number of hydrogen-bond donors (Lipinski definition) is 0. The predicted molar refractivity (Wildman–Crippen MR) is 136 cm³/mol. The number of carbonyl (C=O) groups excluding carboxylic acids is 1. The maximum absolute atomic E-state index is 13.6. The van der Waals surface area contributed by atoms with E-state index >= 15 is 0 Å². The summed E-state index contributed by atoms with van der Waals surface area (Å²) in [4.78, 5) is 13.6. The van der Waals surface area contributed by atoms with Crippen molar-refractivity contribution in [3.63, 3.8) is 0 Å². The Kier molecular flexibility index (Phi) is 5.47. The molecule has 0 fully saturated rings. The third-order valence-corrected chi connectivity index (χ3v) is 6.35. The molecule has 0 saturated carbocycles. The van der Waals surface area contributed by atoms with Gasteiger partial charge in [0.2, 0.25) is 0 Å². The molecule has 1 aliphatic rings. The summed E-state index contributed by atoms with van der Waals surface area (Å²) in [5.41, 5.74) is 4.97. The topological polar surface area (TPSA) is 58.9 Å². The minimum atomic E-state index is -0.630. The number of para-hydroxylation sites is 1. The van der Waals surface area contributed by atoms with Crippen LogP contribution in [0.25, 0.3) is 22.2 Å². The quantitative estimate of drug-likeness (QED) is 0.295. The number of carbonyl (C=O) groups is 1. The molecule has 35 heavy (non-hydrogen) atoms. The fourth-order valence-corrected chi connectivity index (χ4v) is 5.06. The van der Waals surface area contributed by atoms with Crippen LogP contribution < -0.4 is 14.2 Å². The number of ether oxygens (including phenoxy) is 4. The van der Waals surface area contributed by atoms with Gasteiger partial charge in [-0.25, -0.2) is 9.36 Å². The molecule has 1 heterocycles. The molecule has 3 aromatic carbocycles. The summed E-state index contributed by atoms with van der Waals surface area (Å²) < 4.78 is 24.7. The van der Waals surface area contributed by atoms with Crippen LogP contribution in [-0.4, -0.2) is 37.6 Å². The van der Waals surface area contributed by atoms with E-state index in [2.05, 4.69) is 18.2 Å². The van der Waals surface area contributed by atoms with E-state index in [9.17, 15) is 4.79 Å². The largest absolute Gasteiger partial charge is 0.496 e. The molecule has 0 amide bonds. The Morgan fingerprint density at radius 3 is 2.09 bits per heavy atom. The van der Waals surface area contributed by atoms with Crippen molar-refractivity contribution in [2.24, 2.45) is 0 Å². The summed E-state index contributed by atoms with van der Waals surface area (Å²) in [6, 6.07) is 19.8. The van der Waals surface area contributed by atoms with Gasteiger partial charge in [-0.1, -0.05) is 42.5 Å². The van der Waals surface area contributed by atoms with Crippen molar-refractivity contribution in [2.75, 3.05) is 21.3 Å². The van der Waals surface area contributed by atoms with Gasteiger partial charge in [-0.05, 0) is 38.0 Å². The van der Waals surface area contributed by atoms with Crippen LogP contribution in [0.4, 0.5) is 4.79 Å². The molecule has 6 nitrogen and oxygen atoms in total. The maximum atomic E-state index is 13.6. The second kappa shape index (κ2) is 8.38. The summed E-state index contributed by atoms with van der Waals surface area (Å²) in [5.74, 6) is 1.74. The van der Waals surface area contributed by atoms with Gasteiger partial charge in [-0.2, -0.15) is 0 Å². The number of hydrogen-bond acceptors (Lipinski definition) is 5. The van der Waals surface area contributed by atoms with Gasteiger partial charge in [-0.15, -0.1) is 0 Å². The number of methoxy groups -OCH3 is 3. The molecule has 0 radical (unpaired) electrons. The molecule has 1 aromatic heterocycles. The molecule has 0 saturated heterocycles. The Balaban J connectivity index is 1.88. The lowest BCUT2D eigenvalue weighted by molar-refractivity contribution is 0.0547. The second-order valence-electron chi connectivity index (χ2n) is 9.56. The van der Waals surface area contributed by atoms with Gasteiger partial charge < -0.3 is 18.9 Å². The molecule has 0 N–H and O–H groups in total. The van der Waals surface area contributed by atoms with Crippen molar-refractivity contribution in [2.45, 2.75) is 32.3 Å². The Morgan fingerprint density at radius 2 is 1.46 bits per heavy atom. The molecule has 1 atom stereocenters. The highest BCUT2D eigenvalue weighted by Crippen LogP contribution is 2.56. The van der Waals surface area contributed by atoms with Gasteiger partial charge in [0.25, 0.3) is 0 Å². The van der Waals surface area contributed by atoms with E-state index < -0.39 is 11.7 Å². The van der Waals surface area contributed by atoms with E-state index in [-0.39, 0.29) is 5.92 Å². The van der Waals surface area contributed by atoms with Gasteiger partial charge >= 0.3 is 6.09 Å². The summed E-state index contributed by atoms with van der Waals surface area (Å²) >= 11 is 0. The van der Waals surface area contributed by atoms with E-state index in [1.807, 2.05) is 63.2 Å². The summed E-state index contributed by atoms with van der Waals surface area (Å²) in [5, 5.41) is 0.981. The van der Waals surface area contributed by atoms with E-state index in [0.717, 1.165) is 38.9 Å². The molecule has 5 rings (SSSR count). The van der Waals surface area contributed by atoms with Gasteiger partial charge in [0.15, 0.2) is 0 Å². The summed E-state index contributed by atoms with van der Waals surface area (Å²) in [7, 11) is 4.90. The number of fused-ring (bicyclic) bond motifs is 5. The van der Waals surface area contributed by atoms with E-state index in [1.54, 1.807) is 25.9 Å². The fourth-order valence-electron chi connectivity index (χ4n) is 5.06. The number of rotatable bonds is 4. The molecule has 4 aromatic rings. The normalized spacial score (nSPS) is 14.4. The third kappa shape index (κ3) is 3.60. The smallest absolute Gasteiger partial charge is 0.419 e. The zero-order valence-electron chi connectivity index (χ0n) is 20.8. The first-order valence-corrected chi connectivity index (χ1v) is 11.5. The summed E-state index contributed by atoms with van der Waals surface area (Å²) in [6.45, 7) is 5.63. The van der Waals surface area contributed by atoms with E-state index in [4.69, 9.17) is 18.9 Å². The molecular weight excluding hydrogens is 442 g/mol. The lowest BCUT2D eigenvalue weighted by Crippen LogP contribution is -2.27. The van der Waals surface area contributed by atoms with E-state index in [1.165, 1.54) is 0 Å². The van der Waals surface area contributed by atoms with Crippen LogP contribution in [0, 0.1) is 0 Å². The third-order valence-electron chi connectivity index (χ3n) is 6.35. The van der Waals surface area contributed by atoms with Crippen molar-refractivity contribution >= 4 is 17.0 Å². The van der Waals surface area contributed by atoms with Gasteiger partial charge in [0, 0.05) is 34.6 Å². The zero-order chi connectivity index (χ0) is 24.9. The van der Waals surface area contributed by atoms with Gasteiger partial charge in [-0.3, -0.25) is 0 Å². The standard InChI is InChI=1S/C29H29NO5/c1-29(2,3)35-28(31)30-21-14-10-9-13-20(21)25-24(18-11-7-8-12-19(18)27(25)30)26-22(33-5)15-17(32-4)16-23(26)34-6/h7-16,24H,1-6H3. The van der Waals surface area contributed by atoms with Crippen molar-refractivity contribution < 1.29 is 23.7 Å². The molecule has 1 aliphatic carbocycles. The van der Waals surface area contributed by atoms with Gasteiger partial charge in [0.05, 0.1) is 32.5 Å². The van der Waals surface area contributed by atoms with Crippen LogP contribution in [0.2, 0.25) is 0 Å². The summed E-state index contributed by atoms with van der Waals surface area (Å²) in [6.07, 6.45) is -0.404. The Hall–Kier alpha value is -3.93. The molecule has 6 heteroatoms. The van der Waals surface area contributed by atoms with Crippen LogP contribution in [0.1, 0.15) is 43.4 Å². The lowest BCUT2D eigenvalue weighted by atomic mass is 9.87. The minimum Gasteiger partial charge on any atom is -0.496 e. The Labute approximate surface area is 205 Å². The van der Waals surface area contributed by atoms with Crippen molar-refractivity contribution in [1.29, 1.82) is 0 Å². The zero-order valence-corrected chi connectivity index (χ0v) is 20.8. The average molecular weight is 472 g/mol. The lowest BCUT2D eigenvalue weighted by Gasteiger charge is -2.21.